The summed E-state index contributed by atoms with van der Waals surface area (Å²) in [6, 6.07) is 6.54. The number of anilines is 1. The Morgan fingerprint density at radius 1 is 1.33 bits per heavy atom. The summed E-state index contributed by atoms with van der Waals surface area (Å²) in [7, 11) is 0. The topological polar surface area (TPSA) is 24.5 Å². The Balaban J connectivity index is 2.19. The molecule has 1 fully saturated rings. The molecular weight excluding hydrogens is 292 g/mol. The largest absolute Gasteiger partial charge is 0.380 e. The number of nitrogens with one attached hydrogen (secondary N) is 1. The highest BCUT2D eigenvalue weighted by Gasteiger charge is 2.13. The number of hydrogen-bond acceptors (Lipinski definition) is 3. The lowest BCUT2D eigenvalue weighted by Gasteiger charge is -2.25. The Morgan fingerprint density at radius 2 is 2.22 bits per heavy atom. The van der Waals surface area contributed by atoms with Gasteiger partial charge in [0.05, 0.1) is 6.61 Å². The zero-order valence-electron chi connectivity index (χ0n) is 10.9. The molecule has 1 saturated heterocycles. The van der Waals surface area contributed by atoms with Crippen molar-refractivity contribution in [2.24, 2.45) is 0 Å². The fourth-order valence-corrected chi connectivity index (χ4v) is 2.58. The molecule has 0 aliphatic carbocycles. The van der Waals surface area contributed by atoms with E-state index < -0.39 is 0 Å². The molecule has 1 aliphatic rings. The highest BCUT2D eigenvalue weighted by Crippen LogP contribution is 2.26. The quantitative estimate of drug-likeness (QED) is 0.925. The molecule has 0 bridgehead atoms. The second-order valence-corrected chi connectivity index (χ2v) is 5.42. The van der Waals surface area contributed by atoms with Crippen molar-refractivity contribution in [1.82, 2.24) is 5.32 Å². The molecule has 0 spiro atoms. The van der Waals surface area contributed by atoms with Gasteiger partial charge in [-0.1, -0.05) is 28.9 Å². The van der Waals surface area contributed by atoms with Crippen LogP contribution < -0.4 is 10.2 Å². The molecule has 0 unspecified atom stereocenters. The van der Waals surface area contributed by atoms with Gasteiger partial charge in [-0.15, -0.1) is 0 Å². The average Bonchev–Trinajstić information content (AvgIpc) is 2.66. The summed E-state index contributed by atoms with van der Waals surface area (Å²) in [6.45, 7) is 7.83. The van der Waals surface area contributed by atoms with Gasteiger partial charge in [0.2, 0.25) is 0 Å². The minimum absolute atomic E-state index is 0.827. The van der Waals surface area contributed by atoms with Gasteiger partial charge in [0, 0.05) is 36.4 Å². The zero-order chi connectivity index (χ0) is 12.8. The van der Waals surface area contributed by atoms with E-state index in [0.717, 1.165) is 50.3 Å². The fraction of sp³-hybridized carbons (Fsp3) is 0.571. The van der Waals surface area contributed by atoms with E-state index in [1.165, 1.54) is 11.3 Å². The smallest absolute Gasteiger partial charge is 0.0641 e. The second kappa shape index (κ2) is 7.12. The van der Waals surface area contributed by atoms with Gasteiger partial charge in [0.1, 0.15) is 0 Å². The molecule has 2 rings (SSSR count). The standard InChI is InChI=1S/C14H21BrN2O/c1-2-16-11-12-4-5-13(15)10-14(12)17-6-3-8-18-9-7-17/h4-5,10,16H,2-3,6-9,11H2,1H3. The molecule has 0 atom stereocenters. The van der Waals surface area contributed by atoms with Crippen LogP contribution in [-0.2, 0) is 11.3 Å². The van der Waals surface area contributed by atoms with Crippen molar-refractivity contribution in [1.29, 1.82) is 0 Å². The molecule has 0 amide bonds. The van der Waals surface area contributed by atoms with E-state index in [2.05, 4.69) is 51.3 Å². The maximum Gasteiger partial charge on any atom is 0.0641 e. The molecule has 0 radical (unpaired) electrons. The van der Waals surface area contributed by atoms with Crippen LogP contribution in [0.4, 0.5) is 5.69 Å². The number of halogens is 1. The van der Waals surface area contributed by atoms with E-state index in [-0.39, 0.29) is 0 Å². The second-order valence-electron chi connectivity index (χ2n) is 4.51. The number of rotatable bonds is 4. The lowest BCUT2D eigenvalue weighted by atomic mass is 10.1. The first kappa shape index (κ1) is 13.8. The third kappa shape index (κ3) is 3.70. The van der Waals surface area contributed by atoms with Crippen LogP contribution in [0, 0.1) is 0 Å². The molecule has 1 aromatic rings. The van der Waals surface area contributed by atoms with E-state index in [1.807, 2.05) is 0 Å². The van der Waals surface area contributed by atoms with Gasteiger partial charge in [0.25, 0.3) is 0 Å². The molecule has 3 nitrogen and oxygen atoms in total. The Labute approximate surface area is 118 Å². The average molecular weight is 313 g/mol. The monoisotopic (exact) mass is 312 g/mol. The predicted molar refractivity (Wildman–Crippen MR) is 79.2 cm³/mol. The van der Waals surface area contributed by atoms with Gasteiger partial charge in [-0.05, 0) is 30.7 Å². The van der Waals surface area contributed by atoms with Crippen molar-refractivity contribution >= 4 is 21.6 Å². The van der Waals surface area contributed by atoms with Crippen LogP contribution in [0.1, 0.15) is 18.9 Å². The molecule has 0 aromatic heterocycles. The Morgan fingerprint density at radius 3 is 3.06 bits per heavy atom. The molecular formula is C14H21BrN2O. The van der Waals surface area contributed by atoms with Gasteiger partial charge >= 0.3 is 0 Å². The van der Waals surface area contributed by atoms with Gasteiger partial charge in [0.15, 0.2) is 0 Å². The highest BCUT2D eigenvalue weighted by molar-refractivity contribution is 9.10. The van der Waals surface area contributed by atoms with E-state index in [4.69, 9.17) is 4.74 Å². The number of nitrogens with zero attached hydrogens (tertiary/aromatic N) is 1. The predicted octanol–water partition coefficient (Wildman–Crippen LogP) is 2.79. The first-order chi connectivity index (χ1) is 8.81. The van der Waals surface area contributed by atoms with Crippen LogP contribution in [0.15, 0.2) is 22.7 Å². The lowest BCUT2D eigenvalue weighted by molar-refractivity contribution is 0.152. The number of ether oxygens (including phenoxy) is 1. The molecule has 0 saturated carbocycles. The van der Waals surface area contributed by atoms with E-state index in [1.54, 1.807) is 0 Å². The SMILES string of the molecule is CCNCc1ccc(Br)cc1N1CCCOCC1. The van der Waals surface area contributed by atoms with Crippen LogP contribution in [0.5, 0.6) is 0 Å². The summed E-state index contributed by atoms with van der Waals surface area (Å²) in [5.41, 5.74) is 2.69. The van der Waals surface area contributed by atoms with Gasteiger partial charge in [-0.2, -0.15) is 0 Å². The number of hydrogen-bond donors (Lipinski definition) is 1. The van der Waals surface area contributed by atoms with Crippen LogP contribution in [0.2, 0.25) is 0 Å². The third-order valence-electron chi connectivity index (χ3n) is 3.18. The lowest BCUT2D eigenvalue weighted by Crippen LogP contribution is -2.28. The van der Waals surface area contributed by atoms with E-state index >= 15 is 0 Å². The molecule has 1 heterocycles. The van der Waals surface area contributed by atoms with Gasteiger partial charge in [-0.3, -0.25) is 0 Å². The first-order valence-electron chi connectivity index (χ1n) is 6.63. The van der Waals surface area contributed by atoms with Crippen LogP contribution in [0.25, 0.3) is 0 Å². The Hall–Kier alpha value is -0.580. The summed E-state index contributed by atoms with van der Waals surface area (Å²) in [4.78, 5) is 2.43. The maximum absolute atomic E-state index is 5.53. The zero-order valence-corrected chi connectivity index (χ0v) is 12.5. The van der Waals surface area contributed by atoms with Crippen LogP contribution in [-0.4, -0.2) is 32.8 Å². The Kier molecular flexibility index (Phi) is 5.47. The fourth-order valence-electron chi connectivity index (χ4n) is 2.23. The molecule has 1 N–H and O–H groups in total. The summed E-state index contributed by atoms with van der Waals surface area (Å²) in [5.74, 6) is 0. The number of benzene rings is 1. The van der Waals surface area contributed by atoms with E-state index in [0.29, 0.717) is 0 Å². The first-order valence-corrected chi connectivity index (χ1v) is 7.42. The molecule has 4 heteroatoms. The minimum atomic E-state index is 0.827. The minimum Gasteiger partial charge on any atom is -0.380 e. The molecule has 1 aromatic carbocycles. The van der Waals surface area contributed by atoms with Crippen LogP contribution >= 0.6 is 15.9 Å². The van der Waals surface area contributed by atoms with Crippen molar-refractivity contribution in [3.05, 3.63) is 28.2 Å². The normalized spacial score (nSPS) is 16.7. The summed E-state index contributed by atoms with van der Waals surface area (Å²) in [5, 5.41) is 3.41. The van der Waals surface area contributed by atoms with Crippen molar-refractivity contribution in [3.63, 3.8) is 0 Å². The molecule has 100 valence electrons. The van der Waals surface area contributed by atoms with Crippen LogP contribution in [0.3, 0.4) is 0 Å². The van der Waals surface area contributed by atoms with Crippen molar-refractivity contribution in [3.8, 4) is 0 Å². The summed E-state index contributed by atoms with van der Waals surface area (Å²) >= 11 is 3.57. The maximum atomic E-state index is 5.53. The van der Waals surface area contributed by atoms with Gasteiger partial charge < -0.3 is 15.0 Å². The molecule has 18 heavy (non-hydrogen) atoms. The van der Waals surface area contributed by atoms with Crippen molar-refractivity contribution in [2.45, 2.75) is 19.9 Å². The van der Waals surface area contributed by atoms with E-state index in [9.17, 15) is 0 Å². The van der Waals surface area contributed by atoms with Gasteiger partial charge in [-0.25, -0.2) is 0 Å². The summed E-state index contributed by atoms with van der Waals surface area (Å²) < 4.78 is 6.67. The Bertz CT molecular complexity index is 376. The third-order valence-corrected chi connectivity index (χ3v) is 3.67. The summed E-state index contributed by atoms with van der Waals surface area (Å²) in [6.07, 6.45) is 1.10. The van der Waals surface area contributed by atoms with Crippen molar-refractivity contribution < 1.29 is 4.74 Å². The highest BCUT2D eigenvalue weighted by atomic mass is 79.9. The van der Waals surface area contributed by atoms with Crippen molar-refractivity contribution in [2.75, 3.05) is 37.7 Å². The molecule has 1 aliphatic heterocycles.